The van der Waals surface area contributed by atoms with Gasteiger partial charge in [0.05, 0.1) is 28.2 Å². The zero-order valence-electron chi connectivity index (χ0n) is 23.1. The number of hydrogen-bond acceptors (Lipinski definition) is 7. The quantitative estimate of drug-likeness (QED) is 0.336. The topological polar surface area (TPSA) is 125 Å². The molecule has 1 aliphatic rings. The van der Waals surface area contributed by atoms with Crippen LogP contribution in [0.25, 0.3) is 10.4 Å². The standard InChI is InChI=1S/C29H34BrN5O4S/c1-16(18-9-11-19(12-10-18)24-17(2)31-15-40-24)32-27(38)22-13-20(36)14-35(22)28(39)25(29(3,4)5)34-26(37)21-7-6-8-23(30)33-21/h6-12,15-16,20,22,25,36H,13-14H2,1-5H3,(H,32,38)(H,34,37)/t16-,20+,22-,25?/m0/s1. The molecule has 0 saturated carbocycles. The monoisotopic (exact) mass is 627 g/mol. The third kappa shape index (κ3) is 6.76. The molecule has 1 aliphatic heterocycles. The van der Waals surface area contributed by atoms with Crippen molar-refractivity contribution in [1.82, 2.24) is 25.5 Å². The summed E-state index contributed by atoms with van der Waals surface area (Å²) >= 11 is 4.84. The van der Waals surface area contributed by atoms with E-state index in [-0.39, 0.29) is 30.6 Å². The summed E-state index contributed by atoms with van der Waals surface area (Å²) in [7, 11) is 0. The van der Waals surface area contributed by atoms with Gasteiger partial charge < -0.3 is 20.6 Å². The summed E-state index contributed by atoms with van der Waals surface area (Å²) in [5, 5.41) is 16.3. The van der Waals surface area contributed by atoms with Gasteiger partial charge in [-0.15, -0.1) is 11.3 Å². The number of likely N-dealkylation sites (tertiary alicyclic amines) is 1. The van der Waals surface area contributed by atoms with Crippen molar-refractivity contribution in [2.75, 3.05) is 6.54 Å². The van der Waals surface area contributed by atoms with Gasteiger partial charge in [0.1, 0.15) is 22.4 Å². The first-order valence-corrected chi connectivity index (χ1v) is 14.7. The van der Waals surface area contributed by atoms with Crippen LogP contribution < -0.4 is 10.6 Å². The molecule has 0 bridgehead atoms. The number of carbonyl (C=O) groups is 3. The summed E-state index contributed by atoms with van der Waals surface area (Å²) < 4.78 is 0.501. The highest BCUT2D eigenvalue weighted by molar-refractivity contribution is 9.10. The number of aliphatic hydroxyl groups excluding tert-OH is 1. The van der Waals surface area contributed by atoms with Crippen molar-refractivity contribution < 1.29 is 19.5 Å². The average molecular weight is 629 g/mol. The minimum Gasteiger partial charge on any atom is -0.391 e. The third-order valence-electron chi connectivity index (χ3n) is 6.98. The first kappa shape index (κ1) is 29.8. The van der Waals surface area contributed by atoms with Crippen LogP contribution in [0.1, 0.15) is 61.9 Å². The molecule has 212 valence electrons. The number of benzene rings is 1. The van der Waals surface area contributed by atoms with E-state index < -0.39 is 35.4 Å². The number of halogens is 1. The van der Waals surface area contributed by atoms with E-state index in [0.29, 0.717) is 4.60 Å². The van der Waals surface area contributed by atoms with E-state index in [2.05, 4.69) is 36.5 Å². The maximum Gasteiger partial charge on any atom is 0.270 e. The molecule has 40 heavy (non-hydrogen) atoms. The fraction of sp³-hybridized carbons (Fsp3) is 0.414. The molecule has 1 aromatic carbocycles. The molecule has 2 aromatic heterocycles. The highest BCUT2D eigenvalue weighted by atomic mass is 79.9. The highest BCUT2D eigenvalue weighted by Crippen LogP contribution is 2.29. The number of thiazole rings is 1. The van der Waals surface area contributed by atoms with E-state index in [1.165, 1.54) is 4.90 Å². The van der Waals surface area contributed by atoms with E-state index in [9.17, 15) is 19.5 Å². The Morgan fingerprint density at radius 3 is 2.42 bits per heavy atom. The summed E-state index contributed by atoms with van der Waals surface area (Å²) in [4.78, 5) is 51.2. The van der Waals surface area contributed by atoms with Gasteiger partial charge in [0, 0.05) is 13.0 Å². The molecule has 3 N–H and O–H groups in total. The molecule has 1 fully saturated rings. The normalized spacial score (nSPS) is 18.7. The zero-order chi connectivity index (χ0) is 29.2. The SMILES string of the molecule is Cc1ncsc1-c1ccc([C@H](C)NC(=O)[C@@H]2C[C@@H](O)CN2C(=O)C(NC(=O)c2cccc(Br)n2)C(C)(C)C)cc1. The summed E-state index contributed by atoms with van der Waals surface area (Å²) in [6, 6.07) is 10.8. The van der Waals surface area contributed by atoms with Crippen molar-refractivity contribution >= 4 is 45.0 Å². The van der Waals surface area contributed by atoms with E-state index >= 15 is 0 Å². The van der Waals surface area contributed by atoms with E-state index in [0.717, 1.165) is 21.7 Å². The van der Waals surface area contributed by atoms with Gasteiger partial charge in [-0.2, -0.15) is 0 Å². The zero-order valence-corrected chi connectivity index (χ0v) is 25.5. The number of rotatable bonds is 7. The Morgan fingerprint density at radius 1 is 1.12 bits per heavy atom. The van der Waals surface area contributed by atoms with Gasteiger partial charge >= 0.3 is 0 Å². The van der Waals surface area contributed by atoms with Gasteiger partial charge in [-0.3, -0.25) is 14.4 Å². The highest BCUT2D eigenvalue weighted by Gasteiger charge is 2.44. The number of aliphatic hydroxyl groups is 1. The van der Waals surface area contributed by atoms with Crippen molar-refractivity contribution in [3.8, 4) is 10.4 Å². The lowest BCUT2D eigenvalue weighted by Crippen LogP contribution is -2.58. The van der Waals surface area contributed by atoms with Crippen LogP contribution in [0.15, 0.2) is 52.6 Å². The molecule has 1 saturated heterocycles. The second kappa shape index (κ2) is 12.2. The number of nitrogens with zero attached hydrogens (tertiary/aromatic N) is 3. The first-order chi connectivity index (χ1) is 18.8. The van der Waals surface area contributed by atoms with Crippen LogP contribution in [0.4, 0.5) is 0 Å². The molecule has 4 rings (SSSR count). The molecule has 3 heterocycles. The lowest BCUT2D eigenvalue weighted by atomic mass is 9.85. The first-order valence-electron chi connectivity index (χ1n) is 13.1. The van der Waals surface area contributed by atoms with Gasteiger partial charge in [0.15, 0.2) is 0 Å². The number of aryl methyl sites for hydroxylation is 1. The predicted octanol–water partition coefficient (Wildman–Crippen LogP) is 4.26. The lowest BCUT2D eigenvalue weighted by molar-refractivity contribution is -0.142. The summed E-state index contributed by atoms with van der Waals surface area (Å²) in [6.45, 7) is 9.37. The number of carbonyl (C=O) groups excluding carboxylic acids is 3. The van der Waals surface area contributed by atoms with Crippen molar-refractivity contribution in [2.24, 2.45) is 5.41 Å². The van der Waals surface area contributed by atoms with Crippen LogP contribution in [0, 0.1) is 12.3 Å². The van der Waals surface area contributed by atoms with Gasteiger partial charge in [-0.05, 0) is 58.5 Å². The van der Waals surface area contributed by atoms with Gasteiger partial charge in [-0.25, -0.2) is 9.97 Å². The molecule has 0 radical (unpaired) electrons. The molecule has 3 aromatic rings. The van der Waals surface area contributed by atoms with Crippen molar-refractivity contribution in [3.63, 3.8) is 0 Å². The van der Waals surface area contributed by atoms with Crippen LogP contribution in [-0.4, -0.2) is 62.4 Å². The Hall–Kier alpha value is -3.15. The minimum atomic E-state index is -0.943. The third-order valence-corrected chi connectivity index (χ3v) is 8.40. The molecule has 9 nitrogen and oxygen atoms in total. The van der Waals surface area contributed by atoms with Crippen LogP contribution >= 0.6 is 27.3 Å². The van der Waals surface area contributed by atoms with E-state index in [4.69, 9.17) is 0 Å². The maximum absolute atomic E-state index is 13.8. The summed E-state index contributed by atoms with van der Waals surface area (Å²) in [5.74, 6) is -1.28. The molecule has 3 amide bonds. The van der Waals surface area contributed by atoms with Crippen LogP contribution in [-0.2, 0) is 9.59 Å². The van der Waals surface area contributed by atoms with Gasteiger partial charge in [0.25, 0.3) is 5.91 Å². The molecule has 0 aliphatic carbocycles. The number of β-amino-alcohol motifs (C(OH)–C–C–N with tert-alkyl or cyclic N) is 1. The molecule has 1 unspecified atom stereocenters. The van der Waals surface area contributed by atoms with E-state index in [1.54, 1.807) is 29.5 Å². The molecule has 0 spiro atoms. The average Bonchev–Trinajstić information content (AvgIpc) is 3.51. The number of amides is 3. The van der Waals surface area contributed by atoms with Crippen molar-refractivity contribution in [3.05, 3.63) is 69.5 Å². The van der Waals surface area contributed by atoms with Gasteiger partial charge in [0.2, 0.25) is 11.8 Å². The second-order valence-corrected chi connectivity index (χ2v) is 12.8. The maximum atomic E-state index is 13.8. The Labute approximate surface area is 246 Å². The Morgan fingerprint density at radius 2 is 1.82 bits per heavy atom. The second-order valence-electron chi connectivity index (χ2n) is 11.1. The van der Waals surface area contributed by atoms with E-state index in [1.807, 2.05) is 64.4 Å². The van der Waals surface area contributed by atoms with Crippen LogP contribution in [0.2, 0.25) is 0 Å². The van der Waals surface area contributed by atoms with Crippen LogP contribution in [0.5, 0.6) is 0 Å². The Balaban J connectivity index is 1.48. The number of aromatic nitrogens is 2. The molecular weight excluding hydrogens is 594 g/mol. The fourth-order valence-electron chi connectivity index (χ4n) is 4.76. The smallest absolute Gasteiger partial charge is 0.270 e. The number of hydrogen-bond donors (Lipinski definition) is 3. The molecule has 11 heteroatoms. The number of nitrogens with one attached hydrogen (secondary N) is 2. The minimum absolute atomic E-state index is 0.00574. The molecule has 4 atom stereocenters. The summed E-state index contributed by atoms with van der Waals surface area (Å²) in [6.07, 6.45) is -0.730. The van der Waals surface area contributed by atoms with Crippen molar-refractivity contribution in [1.29, 1.82) is 0 Å². The van der Waals surface area contributed by atoms with Gasteiger partial charge in [-0.1, -0.05) is 51.1 Å². The molecular formula is C29H34BrN5O4S. The summed E-state index contributed by atoms with van der Waals surface area (Å²) in [5.41, 5.74) is 4.26. The number of pyridine rings is 1. The lowest BCUT2D eigenvalue weighted by Gasteiger charge is -2.35. The van der Waals surface area contributed by atoms with Crippen molar-refractivity contribution in [2.45, 2.75) is 65.3 Å². The van der Waals surface area contributed by atoms with Crippen LogP contribution in [0.3, 0.4) is 0 Å². The predicted molar refractivity (Wildman–Crippen MR) is 158 cm³/mol. The fourth-order valence-corrected chi connectivity index (χ4v) is 5.91. The Kier molecular flexibility index (Phi) is 9.06. The Bertz CT molecular complexity index is 1390. The largest absolute Gasteiger partial charge is 0.391 e.